The number of benzene rings is 3. The minimum atomic E-state index is -1.25. The number of piperazine rings is 1. The van der Waals surface area contributed by atoms with Gasteiger partial charge in [-0.1, -0.05) is 11.6 Å². The summed E-state index contributed by atoms with van der Waals surface area (Å²) in [6, 6.07) is 12.0. The predicted octanol–water partition coefficient (Wildman–Crippen LogP) is 4.28. The number of carbonyl (C=O) groups excluding carboxylic acids is 3. The Morgan fingerprint density at radius 2 is 1.70 bits per heavy atom. The van der Waals surface area contributed by atoms with E-state index in [4.69, 9.17) is 30.8 Å². The highest BCUT2D eigenvalue weighted by Crippen LogP contribution is 2.37. The Morgan fingerprint density at radius 1 is 1.00 bits per heavy atom. The lowest BCUT2D eigenvalue weighted by molar-refractivity contribution is -0.136. The number of methoxy groups -OCH3 is 2. The first-order valence-electron chi connectivity index (χ1n) is 16.8. The molecular weight excluding hydrogens is 713 g/mol. The molecule has 5 rings (SSSR count). The Morgan fingerprint density at radius 3 is 2.32 bits per heavy atom. The van der Waals surface area contributed by atoms with Gasteiger partial charge in [0.1, 0.15) is 23.4 Å². The highest BCUT2D eigenvalue weighted by Gasteiger charge is 2.35. The molecule has 2 heterocycles. The SMILES string of the molecule is CCOC(=O)N[C@H](C(=O)N1CCN(n2c(C(C)N(C(=O)Nc3ccc(F)cc3)c3ccc(OC)cc3OC)nc3cc(Cl)ccc3c2=O)CC1)[C@@H](C)O. The second-order valence-electron chi connectivity index (χ2n) is 12.1. The predicted molar refractivity (Wildman–Crippen MR) is 197 cm³/mol. The van der Waals surface area contributed by atoms with Gasteiger partial charge in [-0.15, -0.1) is 0 Å². The number of aliphatic hydroxyl groups is 1. The highest BCUT2D eigenvalue weighted by atomic mass is 35.5. The molecule has 3 atom stereocenters. The summed E-state index contributed by atoms with van der Waals surface area (Å²) in [5, 5.41) is 17.9. The largest absolute Gasteiger partial charge is 0.497 e. The maximum Gasteiger partial charge on any atom is 0.407 e. The summed E-state index contributed by atoms with van der Waals surface area (Å²) >= 11 is 6.33. The number of carbonyl (C=O) groups is 3. The van der Waals surface area contributed by atoms with Crippen molar-refractivity contribution in [3.05, 3.63) is 87.7 Å². The number of amides is 4. The molecule has 3 N–H and O–H groups in total. The van der Waals surface area contributed by atoms with Crippen molar-refractivity contribution in [2.24, 2.45) is 0 Å². The lowest BCUT2D eigenvalue weighted by Crippen LogP contribution is -2.61. The summed E-state index contributed by atoms with van der Waals surface area (Å²) < 4.78 is 31.1. The average molecular weight is 754 g/mol. The van der Waals surface area contributed by atoms with Gasteiger partial charge in [-0.05, 0) is 75.4 Å². The van der Waals surface area contributed by atoms with Crippen LogP contribution in [-0.2, 0) is 9.53 Å². The van der Waals surface area contributed by atoms with Crippen LogP contribution in [0, 0.1) is 5.82 Å². The standard InChI is InChI=1S/C36H41ClFN7O8/c1-6-53-36(50)41-31(22(3)46)34(48)42-15-17-43(18-16-42)45-32(40-28-19-23(37)7-13-27(28)33(45)47)21(2)44(29-14-12-26(51-4)20-30(29)52-5)35(49)39-25-10-8-24(38)9-11-25/h7-14,19-22,31,46H,6,15-18H2,1-5H3,(H,39,49)(H,41,50)/t21?,22-,31+/m1/s1. The van der Waals surface area contributed by atoms with E-state index in [1.165, 1.54) is 59.9 Å². The number of fused-ring (bicyclic) bond motifs is 1. The van der Waals surface area contributed by atoms with Gasteiger partial charge in [0, 0.05) is 29.9 Å². The van der Waals surface area contributed by atoms with Crippen LogP contribution >= 0.6 is 11.6 Å². The van der Waals surface area contributed by atoms with Gasteiger partial charge in [0.2, 0.25) is 5.91 Å². The van der Waals surface area contributed by atoms with E-state index in [2.05, 4.69) is 10.6 Å². The van der Waals surface area contributed by atoms with Crippen molar-refractivity contribution in [3.8, 4) is 11.5 Å². The van der Waals surface area contributed by atoms with E-state index < -0.39 is 47.6 Å². The van der Waals surface area contributed by atoms with Crippen LogP contribution in [0.4, 0.5) is 25.4 Å². The third kappa shape index (κ3) is 8.55. The Balaban J connectivity index is 1.57. The van der Waals surface area contributed by atoms with E-state index in [0.29, 0.717) is 27.7 Å². The summed E-state index contributed by atoms with van der Waals surface area (Å²) in [6.07, 6.45) is -2.04. The van der Waals surface area contributed by atoms with Crippen LogP contribution in [0.15, 0.2) is 65.5 Å². The third-order valence-electron chi connectivity index (χ3n) is 8.70. The molecular formula is C36H41ClFN7O8. The zero-order valence-corrected chi connectivity index (χ0v) is 30.6. The van der Waals surface area contributed by atoms with E-state index in [1.54, 1.807) is 55.3 Å². The van der Waals surface area contributed by atoms with Gasteiger partial charge in [-0.25, -0.2) is 23.6 Å². The quantitative estimate of drug-likeness (QED) is 0.201. The maximum atomic E-state index is 14.4. The van der Waals surface area contributed by atoms with Crippen LogP contribution in [0.5, 0.6) is 11.5 Å². The molecule has 4 amide bonds. The zero-order chi connectivity index (χ0) is 38.4. The molecule has 1 aromatic heterocycles. The molecule has 1 saturated heterocycles. The molecule has 0 aliphatic carbocycles. The number of alkyl carbamates (subject to hydrolysis) is 1. The molecule has 0 saturated carbocycles. The highest BCUT2D eigenvalue weighted by molar-refractivity contribution is 6.31. The molecule has 3 aromatic carbocycles. The van der Waals surface area contributed by atoms with Crippen LogP contribution in [0.2, 0.25) is 5.02 Å². The van der Waals surface area contributed by atoms with Gasteiger partial charge in [-0.2, -0.15) is 0 Å². The topological polar surface area (TPSA) is 168 Å². The first-order valence-corrected chi connectivity index (χ1v) is 17.2. The molecule has 282 valence electrons. The van der Waals surface area contributed by atoms with Gasteiger partial charge in [0.05, 0.1) is 62.7 Å². The molecule has 53 heavy (non-hydrogen) atoms. The van der Waals surface area contributed by atoms with Crippen LogP contribution in [0.1, 0.15) is 32.6 Å². The molecule has 1 aliphatic rings. The Kier molecular flexibility index (Phi) is 12.3. The second-order valence-corrected chi connectivity index (χ2v) is 12.6. The molecule has 4 aromatic rings. The lowest BCUT2D eigenvalue weighted by atomic mass is 10.1. The number of ether oxygens (including phenoxy) is 3. The number of aromatic nitrogens is 2. The smallest absolute Gasteiger partial charge is 0.407 e. The van der Waals surface area contributed by atoms with E-state index in [9.17, 15) is 28.7 Å². The molecule has 15 nitrogen and oxygen atoms in total. The fraction of sp³-hybridized carbons (Fsp3) is 0.361. The maximum absolute atomic E-state index is 14.4. The third-order valence-corrected chi connectivity index (χ3v) is 8.94. The number of urea groups is 1. The van der Waals surface area contributed by atoms with E-state index in [0.717, 1.165) is 0 Å². The van der Waals surface area contributed by atoms with Crippen LogP contribution in [0.3, 0.4) is 0 Å². The molecule has 0 spiro atoms. The number of halogens is 2. The number of rotatable bonds is 11. The minimum Gasteiger partial charge on any atom is -0.497 e. The summed E-state index contributed by atoms with van der Waals surface area (Å²) in [6.45, 7) is 5.31. The van der Waals surface area contributed by atoms with Crippen molar-refractivity contribution in [3.63, 3.8) is 0 Å². The van der Waals surface area contributed by atoms with Crippen LogP contribution < -0.4 is 35.6 Å². The molecule has 1 unspecified atom stereocenters. The van der Waals surface area contributed by atoms with Crippen molar-refractivity contribution >= 4 is 51.9 Å². The number of hydrogen-bond donors (Lipinski definition) is 3. The summed E-state index contributed by atoms with van der Waals surface area (Å²) in [4.78, 5) is 61.9. The van der Waals surface area contributed by atoms with Gasteiger partial charge in [0.15, 0.2) is 5.82 Å². The molecule has 0 radical (unpaired) electrons. The van der Waals surface area contributed by atoms with E-state index >= 15 is 0 Å². The zero-order valence-electron chi connectivity index (χ0n) is 29.8. The molecule has 1 aliphatic heterocycles. The van der Waals surface area contributed by atoms with Crippen molar-refractivity contribution in [2.75, 3.05) is 62.2 Å². The molecule has 17 heteroatoms. The second kappa shape index (κ2) is 16.8. The number of nitrogens with one attached hydrogen (secondary N) is 2. The fourth-order valence-electron chi connectivity index (χ4n) is 6.02. The normalized spacial score (nSPS) is 14.6. The van der Waals surface area contributed by atoms with Crippen molar-refractivity contribution < 1.29 is 38.1 Å². The first-order chi connectivity index (χ1) is 25.4. The molecule has 1 fully saturated rings. The van der Waals surface area contributed by atoms with Gasteiger partial charge in [-0.3, -0.25) is 14.5 Å². The molecule has 0 bridgehead atoms. The number of aliphatic hydroxyl groups excluding tert-OH is 1. The number of hydrogen-bond acceptors (Lipinski definition) is 10. The Bertz CT molecular complexity index is 2020. The van der Waals surface area contributed by atoms with E-state index in [-0.39, 0.29) is 49.7 Å². The fourth-order valence-corrected chi connectivity index (χ4v) is 6.19. The van der Waals surface area contributed by atoms with Crippen molar-refractivity contribution in [2.45, 2.75) is 39.0 Å². The average Bonchev–Trinajstić information content (AvgIpc) is 3.14. The van der Waals surface area contributed by atoms with Gasteiger partial charge in [0.25, 0.3) is 5.56 Å². The summed E-state index contributed by atoms with van der Waals surface area (Å²) in [5.74, 6) is -0.0983. The van der Waals surface area contributed by atoms with Gasteiger partial charge >= 0.3 is 12.1 Å². The number of nitrogens with zero attached hydrogens (tertiary/aromatic N) is 5. The monoisotopic (exact) mass is 753 g/mol. The van der Waals surface area contributed by atoms with Crippen molar-refractivity contribution in [1.29, 1.82) is 0 Å². The van der Waals surface area contributed by atoms with E-state index in [1.807, 2.05) is 0 Å². The van der Waals surface area contributed by atoms with Crippen LogP contribution in [-0.4, -0.2) is 96.8 Å². The summed E-state index contributed by atoms with van der Waals surface area (Å²) in [5.41, 5.74) is 0.464. The number of anilines is 2. The lowest BCUT2D eigenvalue weighted by Gasteiger charge is -2.40. The van der Waals surface area contributed by atoms with Crippen molar-refractivity contribution in [1.82, 2.24) is 19.9 Å². The Labute approximate surface area is 309 Å². The van der Waals surface area contributed by atoms with Crippen LogP contribution in [0.25, 0.3) is 10.9 Å². The van der Waals surface area contributed by atoms with Gasteiger partial charge < -0.3 is 39.9 Å². The summed E-state index contributed by atoms with van der Waals surface area (Å²) in [7, 11) is 2.93. The minimum absolute atomic E-state index is 0.0866. The Hall–Kier alpha value is -5.61. The first kappa shape index (κ1) is 38.6.